The Hall–Kier alpha value is -1.94. The summed E-state index contributed by atoms with van der Waals surface area (Å²) in [6.07, 6.45) is 4.86. The van der Waals surface area contributed by atoms with E-state index < -0.39 is 17.5 Å². The third kappa shape index (κ3) is 3.69. The SMILES string of the molecule is C=CC1=C(C/C=C(\C)Cl)C(C)(CC)CN1C(=O)c1cccc(F)c1F. The van der Waals surface area contributed by atoms with Gasteiger partial charge in [0.1, 0.15) is 0 Å². The lowest BCUT2D eigenvalue weighted by Crippen LogP contribution is -2.33. The van der Waals surface area contributed by atoms with Crippen molar-refractivity contribution in [3.8, 4) is 0 Å². The molecule has 1 heterocycles. The van der Waals surface area contributed by atoms with E-state index >= 15 is 0 Å². The first-order valence-electron chi connectivity index (χ1n) is 8.19. The van der Waals surface area contributed by atoms with Gasteiger partial charge < -0.3 is 4.90 Å². The van der Waals surface area contributed by atoms with Gasteiger partial charge in [-0.3, -0.25) is 4.79 Å². The minimum absolute atomic E-state index is 0.272. The molecule has 0 saturated carbocycles. The van der Waals surface area contributed by atoms with E-state index in [2.05, 4.69) is 13.5 Å². The van der Waals surface area contributed by atoms with Crippen LogP contribution in [-0.2, 0) is 0 Å². The van der Waals surface area contributed by atoms with Crippen LogP contribution in [0.25, 0.3) is 0 Å². The lowest BCUT2D eigenvalue weighted by molar-refractivity contribution is 0.0790. The summed E-state index contributed by atoms with van der Waals surface area (Å²) in [4.78, 5) is 14.4. The molecule has 2 nitrogen and oxygen atoms in total. The van der Waals surface area contributed by atoms with E-state index in [0.717, 1.165) is 18.1 Å². The molecule has 0 spiro atoms. The molecule has 5 heteroatoms. The highest BCUT2D eigenvalue weighted by Gasteiger charge is 2.41. The van der Waals surface area contributed by atoms with Gasteiger partial charge >= 0.3 is 0 Å². The van der Waals surface area contributed by atoms with Gasteiger partial charge in [-0.25, -0.2) is 8.78 Å². The van der Waals surface area contributed by atoms with Crippen molar-refractivity contribution in [2.45, 2.75) is 33.6 Å². The molecule has 0 saturated heterocycles. The molecule has 0 aromatic heterocycles. The average molecular weight is 366 g/mol. The number of allylic oxidation sites excluding steroid dienone is 3. The predicted octanol–water partition coefficient (Wildman–Crippen LogP) is 5.81. The fourth-order valence-corrected chi connectivity index (χ4v) is 3.23. The zero-order valence-electron chi connectivity index (χ0n) is 14.7. The summed E-state index contributed by atoms with van der Waals surface area (Å²) < 4.78 is 27.6. The van der Waals surface area contributed by atoms with Crippen LogP contribution in [0.5, 0.6) is 0 Å². The molecule has 0 fully saturated rings. The fourth-order valence-electron chi connectivity index (χ4n) is 3.15. The number of carbonyl (C=O) groups excluding carboxylic acids is 1. The monoisotopic (exact) mass is 365 g/mol. The second-order valence-electron chi connectivity index (χ2n) is 6.47. The van der Waals surface area contributed by atoms with Crippen molar-refractivity contribution in [1.29, 1.82) is 0 Å². The van der Waals surface area contributed by atoms with Crippen LogP contribution < -0.4 is 0 Å². The van der Waals surface area contributed by atoms with Gasteiger partial charge in [-0.2, -0.15) is 0 Å². The second kappa shape index (κ2) is 7.52. The molecule has 2 rings (SSSR count). The third-order valence-corrected chi connectivity index (χ3v) is 4.98. The maximum atomic E-state index is 14.1. The Morgan fingerprint density at radius 1 is 1.44 bits per heavy atom. The number of hydrogen-bond acceptors (Lipinski definition) is 1. The zero-order chi connectivity index (χ0) is 18.8. The first kappa shape index (κ1) is 19.4. The summed E-state index contributed by atoms with van der Waals surface area (Å²) in [6, 6.07) is 3.63. The van der Waals surface area contributed by atoms with Crippen LogP contribution >= 0.6 is 11.6 Å². The van der Waals surface area contributed by atoms with E-state index in [1.54, 1.807) is 13.0 Å². The van der Waals surface area contributed by atoms with Crippen LogP contribution in [0.1, 0.15) is 44.0 Å². The number of rotatable bonds is 5. The van der Waals surface area contributed by atoms with Crippen LogP contribution in [0.4, 0.5) is 8.78 Å². The Morgan fingerprint density at radius 2 is 2.12 bits per heavy atom. The van der Waals surface area contributed by atoms with Crippen LogP contribution in [0.3, 0.4) is 0 Å². The summed E-state index contributed by atoms with van der Waals surface area (Å²) in [5.41, 5.74) is 1.12. The summed E-state index contributed by atoms with van der Waals surface area (Å²) in [5.74, 6) is -2.72. The molecular formula is C20H22ClF2NO. The van der Waals surface area contributed by atoms with Crippen LogP contribution in [0, 0.1) is 17.0 Å². The van der Waals surface area contributed by atoms with Crippen molar-refractivity contribution in [1.82, 2.24) is 4.90 Å². The molecule has 0 bridgehead atoms. The first-order chi connectivity index (χ1) is 11.7. The molecule has 1 amide bonds. The van der Waals surface area contributed by atoms with Gasteiger partial charge in [-0.1, -0.05) is 44.2 Å². The van der Waals surface area contributed by atoms with Crippen molar-refractivity contribution >= 4 is 17.5 Å². The highest BCUT2D eigenvalue weighted by Crippen LogP contribution is 2.44. The maximum absolute atomic E-state index is 14.1. The number of nitrogens with zero attached hydrogens (tertiary/aromatic N) is 1. The second-order valence-corrected chi connectivity index (χ2v) is 7.07. The Morgan fingerprint density at radius 3 is 2.68 bits per heavy atom. The van der Waals surface area contributed by atoms with Crippen molar-refractivity contribution in [2.75, 3.05) is 6.54 Å². The highest BCUT2D eigenvalue weighted by molar-refractivity contribution is 6.29. The summed E-state index contributed by atoms with van der Waals surface area (Å²) in [5, 5.41) is 0.662. The summed E-state index contributed by atoms with van der Waals surface area (Å²) in [6.45, 7) is 10.1. The normalized spacial score (nSPS) is 21.0. The van der Waals surface area contributed by atoms with E-state index in [9.17, 15) is 13.6 Å². The van der Waals surface area contributed by atoms with Crippen LogP contribution in [0.15, 0.2) is 53.2 Å². The van der Waals surface area contributed by atoms with Crippen molar-refractivity contribution in [2.24, 2.45) is 5.41 Å². The molecule has 25 heavy (non-hydrogen) atoms. The molecule has 1 aromatic rings. The number of hydrogen-bond donors (Lipinski definition) is 0. The van der Waals surface area contributed by atoms with Gasteiger partial charge in [-0.05, 0) is 43.5 Å². The largest absolute Gasteiger partial charge is 0.307 e. The number of amides is 1. The lowest BCUT2D eigenvalue weighted by atomic mass is 9.79. The molecule has 0 aliphatic carbocycles. The number of carbonyl (C=O) groups is 1. The van der Waals surface area contributed by atoms with Crippen molar-refractivity contribution < 1.29 is 13.6 Å². The Kier molecular flexibility index (Phi) is 5.83. The molecule has 1 aliphatic rings. The minimum atomic E-state index is -1.13. The molecule has 1 unspecified atom stereocenters. The molecule has 1 aliphatic heterocycles. The first-order valence-corrected chi connectivity index (χ1v) is 8.57. The van der Waals surface area contributed by atoms with Gasteiger partial charge in [0.2, 0.25) is 0 Å². The van der Waals surface area contributed by atoms with Gasteiger partial charge in [0.05, 0.1) is 5.56 Å². The van der Waals surface area contributed by atoms with Gasteiger partial charge in [-0.15, -0.1) is 0 Å². The predicted molar refractivity (Wildman–Crippen MR) is 97.2 cm³/mol. The van der Waals surface area contributed by atoms with E-state index in [1.165, 1.54) is 17.0 Å². The van der Waals surface area contributed by atoms with Crippen molar-refractivity contribution in [3.63, 3.8) is 0 Å². The molecule has 0 radical (unpaired) electrons. The smallest absolute Gasteiger partial charge is 0.261 e. The molecule has 1 aromatic carbocycles. The van der Waals surface area contributed by atoms with E-state index in [1.807, 2.05) is 13.0 Å². The lowest BCUT2D eigenvalue weighted by Gasteiger charge is -2.26. The molecular weight excluding hydrogens is 344 g/mol. The Balaban J connectivity index is 2.50. The molecule has 1 atom stereocenters. The third-order valence-electron chi connectivity index (χ3n) is 4.82. The Labute approximate surface area is 152 Å². The fraction of sp³-hybridized carbons (Fsp3) is 0.350. The zero-order valence-corrected chi connectivity index (χ0v) is 15.5. The molecule has 134 valence electrons. The topological polar surface area (TPSA) is 20.3 Å². The van der Waals surface area contributed by atoms with E-state index in [-0.39, 0.29) is 11.0 Å². The van der Waals surface area contributed by atoms with Crippen LogP contribution in [0.2, 0.25) is 0 Å². The molecule has 0 N–H and O–H groups in total. The van der Waals surface area contributed by atoms with E-state index in [4.69, 9.17) is 11.6 Å². The highest BCUT2D eigenvalue weighted by atomic mass is 35.5. The van der Waals surface area contributed by atoms with E-state index in [0.29, 0.717) is 23.7 Å². The van der Waals surface area contributed by atoms with Gasteiger partial charge in [0.15, 0.2) is 11.6 Å². The quantitative estimate of drug-likeness (QED) is 0.644. The number of halogens is 3. The minimum Gasteiger partial charge on any atom is -0.307 e. The summed E-state index contributed by atoms with van der Waals surface area (Å²) in [7, 11) is 0. The summed E-state index contributed by atoms with van der Waals surface area (Å²) >= 11 is 5.96. The standard InChI is InChI=1S/C20H22ClF2NO/c1-5-17-15(11-10-13(3)21)20(4,6-2)12-24(17)19(25)14-8-7-9-16(22)18(14)23/h5,7-10H,1,6,11-12H2,2-4H3/b13-10+. The Bertz CT molecular complexity index is 765. The maximum Gasteiger partial charge on any atom is 0.261 e. The van der Waals surface area contributed by atoms with Gasteiger partial charge in [0, 0.05) is 22.7 Å². The van der Waals surface area contributed by atoms with Gasteiger partial charge in [0.25, 0.3) is 5.91 Å². The van der Waals surface area contributed by atoms with Crippen LogP contribution in [-0.4, -0.2) is 17.4 Å². The average Bonchev–Trinajstić information content (AvgIpc) is 2.87. The van der Waals surface area contributed by atoms with Crippen molar-refractivity contribution in [3.05, 3.63) is 70.4 Å². The number of benzene rings is 1.